The van der Waals surface area contributed by atoms with Crippen molar-refractivity contribution in [2.24, 2.45) is 5.92 Å². The Balaban J connectivity index is 3.10. The van der Waals surface area contributed by atoms with Crippen molar-refractivity contribution in [2.45, 2.75) is 31.9 Å². The van der Waals surface area contributed by atoms with Crippen LogP contribution >= 0.6 is 0 Å². The summed E-state index contributed by atoms with van der Waals surface area (Å²) in [4.78, 5) is 11.1. The van der Waals surface area contributed by atoms with Gasteiger partial charge in [-0.15, -0.1) is 0 Å². The van der Waals surface area contributed by atoms with Crippen LogP contribution in [0.4, 0.5) is 18.0 Å². The number of carboxylic acid groups (broad SMARTS) is 1. The van der Waals surface area contributed by atoms with Crippen molar-refractivity contribution >= 4 is 6.09 Å². The number of alkyl halides is 3. The first-order chi connectivity index (χ1) is 7.11. The number of ether oxygens (including phenoxy) is 1. The predicted octanol–water partition coefficient (Wildman–Crippen LogP) is 1.23. The SMILES string of the molecule is CC(C)[C@@H]1N(C(=O)O)CO[C@]1(O)C(F)(F)F. The molecule has 0 bridgehead atoms. The van der Waals surface area contributed by atoms with Gasteiger partial charge in [0.1, 0.15) is 12.8 Å². The van der Waals surface area contributed by atoms with Crippen LogP contribution < -0.4 is 0 Å². The zero-order chi connectivity index (χ0) is 12.7. The minimum atomic E-state index is -5.04. The Bertz CT molecular complexity index is 293. The highest BCUT2D eigenvalue weighted by Crippen LogP contribution is 2.42. The standard InChI is InChI=1S/C8H12F3NO4/c1-4(2)5-7(15,8(9,10)11)16-3-12(5)6(13)14/h4-5,15H,3H2,1-2H3,(H,13,14)/t5-,7-/m0/s1. The van der Waals surface area contributed by atoms with Gasteiger partial charge in [0.15, 0.2) is 0 Å². The van der Waals surface area contributed by atoms with Gasteiger partial charge >= 0.3 is 12.3 Å². The van der Waals surface area contributed by atoms with Gasteiger partial charge in [0, 0.05) is 0 Å². The van der Waals surface area contributed by atoms with Crippen LogP contribution in [0.15, 0.2) is 0 Å². The minimum absolute atomic E-state index is 0.443. The molecule has 0 spiro atoms. The second kappa shape index (κ2) is 3.77. The normalized spacial score (nSPS) is 31.2. The Labute approximate surface area is 89.4 Å². The summed E-state index contributed by atoms with van der Waals surface area (Å²) >= 11 is 0. The van der Waals surface area contributed by atoms with E-state index in [-0.39, 0.29) is 0 Å². The first-order valence-corrected chi connectivity index (χ1v) is 4.54. The van der Waals surface area contributed by atoms with E-state index in [9.17, 15) is 23.1 Å². The van der Waals surface area contributed by atoms with E-state index in [1.54, 1.807) is 0 Å². The zero-order valence-electron chi connectivity index (χ0n) is 8.65. The molecule has 2 atom stereocenters. The van der Waals surface area contributed by atoms with E-state index in [0.717, 1.165) is 0 Å². The third-order valence-electron chi connectivity index (χ3n) is 2.44. The Morgan fingerprint density at radius 2 is 2.06 bits per heavy atom. The monoisotopic (exact) mass is 243 g/mol. The van der Waals surface area contributed by atoms with Crippen LogP contribution in [0.25, 0.3) is 0 Å². The Hall–Kier alpha value is -1.02. The number of hydrogen-bond donors (Lipinski definition) is 2. The van der Waals surface area contributed by atoms with E-state index in [4.69, 9.17) is 5.11 Å². The highest BCUT2D eigenvalue weighted by Gasteiger charge is 2.67. The molecule has 0 aromatic heterocycles. The van der Waals surface area contributed by atoms with Crippen LogP contribution in [0.3, 0.4) is 0 Å². The molecule has 1 aliphatic rings. The molecule has 16 heavy (non-hydrogen) atoms. The minimum Gasteiger partial charge on any atom is -0.465 e. The van der Waals surface area contributed by atoms with Crippen LogP contribution in [0, 0.1) is 5.92 Å². The van der Waals surface area contributed by atoms with Crippen LogP contribution in [-0.4, -0.2) is 45.9 Å². The summed E-state index contributed by atoms with van der Waals surface area (Å²) in [6.45, 7) is 1.96. The molecule has 0 aromatic carbocycles. The zero-order valence-corrected chi connectivity index (χ0v) is 8.65. The first-order valence-electron chi connectivity index (χ1n) is 4.54. The second-order valence-corrected chi connectivity index (χ2v) is 3.91. The molecule has 2 N–H and O–H groups in total. The molecule has 8 heteroatoms. The molecule has 1 amide bonds. The molecular weight excluding hydrogens is 231 g/mol. The fourth-order valence-electron chi connectivity index (χ4n) is 1.78. The first kappa shape index (κ1) is 13.0. The lowest BCUT2D eigenvalue weighted by atomic mass is 9.94. The Morgan fingerprint density at radius 1 is 1.56 bits per heavy atom. The Morgan fingerprint density at radius 3 is 2.38 bits per heavy atom. The number of amides is 1. The molecule has 1 fully saturated rings. The number of carbonyl (C=O) groups is 1. The van der Waals surface area contributed by atoms with Gasteiger partial charge in [0.05, 0.1) is 0 Å². The summed E-state index contributed by atoms with van der Waals surface area (Å²) in [5.41, 5.74) is 0. The molecule has 94 valence electrons. The average Bonchev–Trinajstić information content (AvgIpc) is 2.42. The van der Waals surface area contributed by atoms with Gasteiger partial charge in [-0.2, -0.15) is 13.2 Å². The van der Waals surface area contributed by atoms with Crippen molar-refractivity contribution in [3.05, 3.63) is 0 Å². The average molecular weight is 243 g/mol. The third kappa shape index (κ3) is 1.82. The lowest BCUT2D eigenvalue weighted by Crippen LogP contribution is -2.58. The van der Waals surface area contributed by atoms with E-state index >= 15 is 0 Å². The van der Waals surface area contributed by atoms with Crippen LogP contribution in [0.2, 0.25) is 0 Å². The molecule has 0 unspecified atom stereocenters. The molecule has 1 rings (SSSR count). The van der Waals surface area contributed by atoms with Crippen molar-refractivity contribution in [2.75, 3.05) is 6.73 Å². The predicted molar refractivity (Wildman–Crippen MR) is 45.4 cm³/mol. The summed E-state index contributed by atoms with van der Waals surface area (Å²) in [6, 6.07) is -1.66. The molecule has 5 nitrogen and oxygen atoms in total. The van der Waals surface area contributed by atoms with Gasteiger partial charge in [-0.25, -0.2) is 4.79 Å². The molecule has 1 saturated heterocycles. The molecule has 0 saturated carbocycles. The van der Waals surface area contributed by atoms with Gasteiger partial charge in [-0.1, -0.05) is 13.8 Å². The van der Waals surface area contributed by atoms with Gasteiger partial charge in [-0.05, 0) is 5.92 Å². The summed E-state index contributed by atoms with van der Waals surface area (Å²) in [6.07, 6.45) is -6.59. The molecule has 1 heterocycles. The number of rotatable bonds is 1. The fourth-order valence-corrected chi connectivity index (χ4v) is 1.78. The number of aliphatic hydroxyl groups is 1. The van der Waals surface area contributed by atoms with Gasteiger partial charge in [0.25, 0.3) is 5.79 Å². The van der Waals surface area contributed by atoms with E-state index < -0.39 is 36.7 Å². The quantitative estimate of drug-likeness (QED) is 0.726. The lowest BCUT2D eigenvalue weighted by Gasteiger charge is -2.34. The van der Waals surface area contributed by atoms with Crippen LogP contribution in [0.5, 0.6) is 0 Å². The van der Waals surface area contributed by atoms with Gasteiger partial charge in [-0.3, -0.25) is 4.90 Å². The lowest BCUT2D eigenvalue weighted by molar-refractivity contribution is -0.357. The molecular formula is C8H12F3NO4. The maximum atomic E-state index is 12.6. The van der Waals surface area contributed by atoms with Crippen molar-refractivity contribution in [1.82, 2.24) is 4.90 Å². The number of halogens is 3. The second-order valence-electron chi connectivity index (χ2n) is 3.91. The van der Waals surface area contributed by atoms with Gasteiger partial charge in [0.2, 0.25) is 0 Å². The van der Waals surface area contributed by atoms with Crippen LogP contribution in [-0.2, 0) is 4.74 Å². The van der Waals surface area contributed by atoms with Crippen LogP contribution in [0.1, 0.15) is 13.8 Å². The maximum Gasteiger partial charge on any atom is 0.445 e. The molecule has 1 aliphatic heterocycles. The smallest absolute Gasteiger partial charge is 0.445 e. The molecule has 0 radical (unpaired) electrons. The van der Waals surface area contributed by atoms with Crippen molar-refractivity contribution in [1.29, 1.82) is 0 Å². The summed E-state index contributed by atoms with van der Waals surface area (Å²) in [5, 5.41) is 18.1. The highest BCUT2D eigenvalue weighted by molar-refractivity contribution is 5.66. The highest BCUT2D eigenvalue weighted by atomic mass is 19.4. The number of hydrogen-bond acceptors (Lipinski definition) is 3. The third-order valence-corrected chi connectivity index (χ3v) is 2.44. The van der Waals surface area contributed by atoms with E-state index in [0.29, 0.717) is 4.90 Å². The number of nitrogens with zero attached hydrogens (tertiary/aromatic N) is 1. The van der Waals surface area contributed by atoms with E-state index in [2.05, 4.69) is 4.74 Å². The summed E-state index contributed by atoms with van der Waals surface area (Å²) in [7, 11) is 0. The Kier molecular flexibility index (Phi) is 3.08. The molecule has 0 aliphatic carbocycles. The summed E-state index contributed by atoms with van der Waals surface area (Å²) < 4.78 is 42.0. The van der Waals surface area contributed by atoms with Gasteiger partial charge < -0.3 is 14.9 Å². The van der Waals surface area contributed by atoms with Crippen molar-refractivity contribution in [3.8, 4) is 0 Å². The molecule has 0 aromatic rings. The van der Waals surface area contributed by atoms with E-state index in [1.807, 2.05) is 0 Å². The van der Waals surface area contributed by atoms with Crippen molar-refractivity contribution in [3.63, 3.8) is 0 Å². The van der Waals surface area contributed by atoms with E-state index in [1.165, 1.54) is 13.8 Å². The largest absolute Gasteiger partial charge is 0.465 e. The fraction of sp³-hybridized carbons (Fsp3) is 0.875. The van der Waals surface area contributed by atoms with Crippen molar-refractivity contribution < 1.29 is 32.9 Å². The maximum absolute atomic E-state index is 12.6. The topological polar surface area (TPSA) is 70.0 Å². The summed E-state index contributed by atoms with van der Waals surface area (Å²) in [5.74, 6) is -4.16.